The average Bonchev–Trinajstić information content (AvgIpc) is 2.67. The summed E-state index contributed by atoms with van der Waals surface area (Å²) in [6.07, 6.45) is 0.970. The van der Waals surface area contributed by atoms with E-state index in [1.807, 2.05) is 16.3 Å². The predicted molar refractivity (Wildman–Crippen MR) is 62.1 cm³/mol. The minimum Gasteiger partial charge on any atom is -0.480 e. The Hall–Kier alpha value is -0.870. The number of aliphatic carboxylic acids is 1. The van der Waals surface area contributed by atoms with Crippen molar-refractivity contribution in [3.8, 4) is 0 Å². The third-order valence-electron chi connectivity index (χ3n) is 2.52. The second kappa shape index (κ2) is 5.88. The average molecular weight is 227 g/mol. The van der Waals surface area contributed by atoms with Crippen molar-refractivity contribution in [3.05, 3.63) is 22.4 Å². The lowest BCUT2D eigenvalue weighted by Crippen LogP contribution is -2.36. The van der Waals surface area contributed by atoms with Crippen LogP contribution in [0.1, 0.15) is 25.8 Å². The second-order valence-corrected chi connectivity index (χ2v) is 4.47. The van der Waals surface area contributed by atoms with Crippen molar-refractivity contribution in [2.24, 2.45) is 0 Å². The van der Waals surface area contributed by atoms with Crippen LogP contribution >= 0.6 is 11.3 Å². The topological polar surface area (TPSA) is 40.5 Å². The van der Waals surface area contributed by atoms with Gasteiger partial charge in [-0.15, -0.1) is 0 Å². The highest BCUT2D eigenvalue weighted by Crippen LogP contribution is 2.12. The van der Waals surface area contributed by atoms with E-state index in [0.717, 1.165) is 13.0 Å². The SMILES string of the molecule is CCC(C)N(CC(=O)O)Cc1ccsc1. The van der Waals surface area contributed by atoms with Crippen LogP contribution in [0.2, 0.25) is 0 Å². The molecule has 1 unspecified atom stereocenters. The van der Waals surface area contributed by atoms with Crippen LogP contribution in [0.3, 0.4) is 0 Å². The minimum atomic E-state index is -0.759. The van der Waals surface area contributed by atoms with Crippen LogP contribution in [0.5, 0.6) is 0 Å². The molecule has 0 saturated heterocycles. The van der Waals surface area contributed by atoms with Crippen LogP contribution in [0.25, 0.3) is 0 Å². The standard InChI is InChI=1S/C11H17NO2S/c1-3-9(2)12(7-11(13)14)6-10-4-5-15-8-10/h4-5,8-9H,3,6-7H2,1-2H3,(H,13,14). The van der Waals surface area contributed by atoms with E-state index in [0.29, 0.717) is 6.04 Å². The van der Waals surface area contributed by atoms with Crippen LogP contribution in [0.15, 0.2) is 16.8 Å². The number of carboxylic acid groups (broad SMARTS) is 1. The molecule has 0 fully saturated rings. The molecule has 15 heavy (non-hydrogen) atoms. The summed E-state index contributed by atoms with van der Waals surface area (Å²) in [6, 6.07) is 2.35. The number of hydrogen-bond donors (Lipinski definition) is 1. The van der Waals surface area contributed by atoms with Crippen LogP contribution in [-0.2, 0) is 11.3 Å². The highest BCUT2D eigenvalue weighted by atomic mass is 32.1. The molecule has 0 bridgehead atoms. The third kappa shape index (κ3) is 4.01. The number of rotatable bonds is 6. The zero-order chi connectivity index (χ0) is 11.3. The Morgan fingerprint density at radius 1 is 1.67 bits per heavy atom. The van der Waals surface area contributed by atoms with Gasteiger partial charge in [0.05, 0.1) is 6.54 Å². The first-order valence-corrected chi connectivity index (χ1v) is 6.04. The van der Waals surface area contributed by atoms with Crippen molar-refractivity contribution in [3.63, 3.8) is 0 Å². The summed E-state index contributed by atoms with van der Waals surface area (Å²) in [5.74, 6) is -0.759. The normalized spacial score (nSPS) is 13.0. The molecule has 4 heteroatoms. The molecule has 0 saturated carbocycles. The molecule has 0 aliphatic rings. The summed E-state index contributed by atoms with van der Waals surface area (Å²) >= 11 is 1.65. The molecule has 1 rings (SSSR count). The third-order valence-corrected chi connectivity index (χ3v) is 3.25. The maximum absolute atomic E-state index is 10.7. The molecule has 1 aromatic heterocycles. The lowest BCUT2D eigenvalue weighted by molar-refractivity contribution is -0.139. The summed E-state index contributed by atoms with van der Waals surface area (Å²) in [5, 5.41) is 12.9. The van der Waals surface area contributed by atoms with Crippen molar-refractivity contribution in [2.45, 2.75) is 32.9 Å². The molecule has 1 heterocycles. The molecule has 84 valence electrons. The van der Waals surface area contributed by atoms with E-state index in [-0.39, 0.29) is 6.54 Å². The highest BCUT2D eigenvalue weighted by Gasteiger charge is 2.15. The van der Waals surface area contributed by atoms with Crippen LogP contribution in [0.4, 0.5) is 0 Å². The maximum atomic E-state index is 10.7. The molecule has 3 nitrogen and oxygen atoms in total. The van der Waals surface area contributed by atoms with Gasteiger partial charge < -0.3 is 5.11 Å². The molecule has 0 spiro atoms. The lowest BCUT2D eigenvalue weighted by Gasteiger charge is -2.26. The number of nitrogens with zero attached hydrogens (tertiary/aromatic N) is 1. The van der Waals surface area contributed by atoms with E-state index in [1.54, 1.807) is 11.3 Å². The van der Waals surface area contributed by atoms with Gasteiger partial charge in [0, 0.05) is 12.6 Å². The van der Waals surface area contributed by atoms with Gasteiger partial charge >= 0.3 is 5.97 Å². The molecule has 0 aromatic carbocycles. The van der Waals surface area contributed by atoms with Gasteiger partial charge in [-0.25, -0.2) is 0 Å². The molecular weight excluding hydrogens is 210 g/mol. The van der Waals surface area contributed by atoms with E-state index in [2.05, 4.69) is 19.2 Å². The fourth-order valence-corrected chi connectivity index (χ4v) is 2.08. The van der Waals surface area contributed by atoms with E-state index in [4.69, 9.17) is 5.11 Å². The van der Waals surface area contributed by atoms with E-state index < -0.39 is 5.97 Å². The van der Waals surface area contributed by atoms with Crippen LogP contribution < -0.4 is 0 Å². The van der Waals surface area contributed by atoms with Crippen molar-refractivity contribution < 1.29 is 9.90 Å². The van der Waals surface area contributed by atoms with Crippen molar-refractivity contribution >= 4 is 17.3 Å². The van der Waals surface area contributed by atoms with Crippen molar-refractivity contribution in [1.82, 2.24) is 4.90 Å². The Bertz CT molecular complexity index is 298. The van der Waals surface area contributed by atoms with Crippen LogP contribution in [0, 0.1) is 0 Å². The van der Waals surface area contributed by atoms with Gasteiger partial charge in [0.25, 0.3) is 0 Å². The maximum Gasteiger partial charge on any atom is 0.317 e. The predicted octanol–water partition coefficient (Wildman–Crippen LogP) is 2.43. The number of carboxylic acids is 1. The Morgan fingerprint density at radius 3 is 2.87 bits per heavy atom. The summed E-state index contributed by atoms with van der Waals surface area (Å²) in [4.78, 5) is 12.7. The molecule has 0 aliphatic carbocycles. The fraction of sp³-hybridized carbons (Fsp3) is 0.545. The van der Waals surface area contributed by atoms with Crippen molar-refractivity contribution in [1.29, 1.82) is 0 Å². The number of thiophene rings is 1. The molecule has 0 amide bonds. The quantitative estimate of drug-likeness (QED) is 0.811. The Balaban J connectivity index is 2.60. The Labute approximate surface area is 94.3 Å². The first kappa shape index (κ1) is 12.2. The van der Waals surface area contributed by atoms with Crippen LogP contribution in [-0.4, -0.2) is 28.6 Å². The smallest absolute Gasteiger partial charge is 0.317 e. The second-order valence-electron chi connectivity index (χ2n) is 3.69. The molecule has 1 N–H and O–H groups in total. The molecular formula is C11H17NO2S. The molecule has 1 aromatic rings. The number of hydrogen-bond acceptors (Lipinski definition) is 3. The lowest BCUT2D eigenvalue weighted by atomic mass is 10.2. The van der Waals surface area contributed by atoms with E-state index in [1.165, 1.54) is 5.56 Å². The number of carbonyl (C=O) groups is 1. The summed E-state index contributed by atoms with van der Waals surface area (Å²) in [6.45, 7) is 4.98. The first-order chi connectivity index (χ1) is 7.13. The van der Waals surface area contributed by atoms with Gasteiger partial charge in [0.15, 0.2) is 0 Å². The van der Waals surface area contributed by atoms with E-state index >= 15 is 0 Å². The van der Waals surface area contributed by atoms with Gasteiger partial charge in [-0.1, -0.05) is 6.92 Å². The van der Waals surface area contributed by atoms with E-state index in [9.17, 15) is 4.79 Å². The van der Waals surface area contributed by atoms with Gasteiger partial charge in [-0.3, -0.25) is 9.69 Å². The Kier molecular flexibility index (Phi) is 4.78. The zero-order valence-electron chi connectivity index (χ0n) is 9.14. The summed E-state index contributed by atoms with van der Waals surface area (Å²) in [5.41, 5.74) is 1.20. The fourth-order valence-electron chi connectivity index (χ4n) is 1.42. The molecule has 1 atom stereocenters. The highest BCUT2D eigenvalue weighted by molar-refractivity contribution is 7.07. The monoisotopic (exact) mass is 227 g/mol. The summed E-state index contributed by atoms with van der Waals surface area (Å²) in [7, 11) is 0. The van der Waals surface area contributed by atoms with Gasteiger partial charge in [-0.05, 0) is 35.7 Å². The first-order valence-electron chi connectivity index (χ1n) is 5.10. The zero-order valence-corrected chi connectivity index (χ0v) is 9.96. The van der Waals surface area contributed by atoms with Crippen molar-refractivity contribution in [2.75, 3.05) is 6.54 Å². The van der Waals surface area contributed by atoms with Gasteiger partial charge in [0.1, 0.15) is 0 Å². The minimum absolute atomic E-state index is 0.116. The Morgan fingerprint density at radius 2 is 2.40 bits per heavy atom. The summed E-state index contributed by atoms with van der Waals surface area (Å²) < 4.78 is 0. The van der Waals surface area contributed by atoms with Gasteiger partial charge in [0.2, 0.25) is 0 Å². The molecule has 0 aliphatic heterocycles. The molecule has 0 radical (unpaired) electrons. The largest absolute Gasteiger partial charge is 0.480 e. The van der Waals surface area contributed by atoms with Gasteiger partial charge in [-0.2, -0.15) is 11.3 Å².